The van der Waals surface area contributed by atoms with Gasteiger partial charge in [0.25, 0.3) is 0 Å². The van der Waals surface area contributed by atoms with Crippen molar-refractivity contribution in [3.8, 4) is 5.75 Å². The van der Waals surface area contributed by atoms with Crippen LogP contribution in [0.2, 0.25) is 0 Å². The predicted molar refractivity (Wildman–Crippen MR) is 60.3 cm³/mol. The molecule has 0 spiro atoms. The SMILES string of the molecule is COc1cc([N+]#N)c(S(=O)(=O)O)cc1I.[Br-]. The van der Waals surface area contributed by atoms with Crippen molar-refractivity contribution in [3.05, 3.63) is 20.7 Å². The Balaban J connectivity index is 0.00000225. The number of hydrogen-bond acceptors (Lipinski definition) is 4. The fourth-order valence-electron chi connectivity index (χ4n) is 0.966. The van der Waals surface area contributed by atoms with Gasteiger partial charge in [-0.1, -0.05) is 0 Å². The Bertz CT molecular complexity index is 540. The van der Waals surface area contributed by atoms with Gasteiger partial charge < -0.3 is 21.7 Å². The van der Waals surface area contributed by atoms with Crippen LogP contribution in [0.1, 0.15) is 0 Å². The minimum atomic E-state index is -4.41. The second kappa shape index (κ2) is 5.76. The van der Waals surface area contributed by atoms with Crippen LogP contribution in [0.3, 0.4) is 0 Å². The van der Waals surface area contributed by atoms with Crippen molar-refractivity contribution >= 4 is 38.4 Å². The molecule has 1 aromatic rings. The molecular formula is C7H6BrIN2O4S. The number of nitrogens with zero attached hydrogens (tertiary/aromatic N) is 2. The van der Waals surface area contributed by atoms with Crippen LogP contribution in [0.25, 0.3) is 4.98 Å². The summed E-state index contributed by atoms with van der Waals surface area (Å²) in [6.45, 7) is 0. The van der Waals surface area contributed by atoms with E-state index >= 15 is 0 Å². The van der Waals surface area contributed by atoms with Crippen LogP contribution in [0, 0.1) is 8.96 Å². The maximum absolute atomic E-state index is 10.9. The first-order chi connectivity index (χ1) is 6.90. The molecule has 0 aliphatic carbocycles. The summed E-state index contributed by atoms with van der Waals surface area (Å²) < 4.78 is 36.0. The zero-order valence-electron chi connectivity index (χ0n) is 7.89. The molecule has 0 aliphatic rings. The zero-order chi connectivity index (χ0) is 11.6. The van der Waals surface area contributed by atoms with Crippen LogP contribution in [0.15, 0.2) is 17.0 Å². The van der Waals surface area contributed by atoms with Crippen LogP contribution in [-0.4, -0.2) is 20.1 Å². The summed E-state index contributed by atoms with van der Waals surface area (Å²) in [7, 11) is -3.01. The van der Waals surface area contributed by atoms with E-state index in [1.807, 2.05) is 22.6 Å². The molecule has 0 aliphatic heterocycles. The Morgan fingerprint density at radius 3 is 2.44 bits per heavy atom. The van der Waals surface area contributed by atoms with E-state index in [0.29, 0.717) is 9.32 Å². The van der Waals surface area contributed by atoms with E-state index in [9.17, 15) is 8.42 Å². The Hall–Kier alpha value is -0.440. The Morgan fingerprint density at radius 1 is 1.50 bits per heavy atom. The molecule has 0 amide bonds. The predicted octanol–water partition coefficient (Wildman–Crippen LogP) is -0.965. The molecule has 0 radical (unpaired) electrons. The van der Waals surface area contributed by atoms with Gasteiger partial charge in [-0.3, -0.25) is 4.55 Å². The fourth-order valence-corrected chi connectivity index (χ4v) is 2.50. The van der Waals surface area contributed by atoms with E-state index in [2.05, 4.69) is 4.98 Å². The van der Waals surface area contributed by atoms with E-state index in [1.54, 1.807) is 0 Å². The van der Waals surface area contributed by atoms with Crippen molar-refractivity contribution in [3.63, 3.8) is 0 Å². The van der Waals surface area contributed by atoms with Crippen molar-refractivity contribution in [2.24, 2.45) is 0 Å². The van der Waals surface area contributed by atoms with Gasteiger partial charge in [-0.25, -0.2) is 0 Å². The quantitative estimate of drug-likeness (QED) is 0.378. The third-order valence-corrected chi connectivity index (χ3v) is 3.34. The number of benzene rings is 1. The molecule has 0 atom stereocenters. The first-order valence-electron chi connectivity index (χ1n) is 3.60. The lowest BCUT2D eigenvalue weighted by Gasteiger charge is -2.01. The number of methoxy groups -OCH3 is 1. The fraction of sp³-hybridized carbons (Fsp3) is 0.143. The molecule has 0 heterocycles. The Kier molecular flexibility index (Phi) is 5.60. The molecular weight excluding hydrogens is 415 g/mol. The maximum atomic E-state index is 10.9. The van der Waals surface area contributed by atoms with E-state index in [4.69, 9.17) is 14.7 Å². The lowest BCUT2D eigenvalue weighted by Crippen LogP contribution is -3.00. The minimum Gasteiger partial charge on any atom is -1.00 e. The molecule has 1 aromatic carbocycles. The van der Waals surface area contributed by atoms with Gasteiger partial charge in [0, 0.05) is 0 Å². The zero-order valence-corrected chi connectivity index (χ0v) is 12.4. The molecule has 1 rings (SSSR count). The summed E-state index contributed by atoms with van der Waals surface area (Å²) in [4.78, 5) is 2.30. The van der Waals surface area contributed by atoms with Crippen molar-refractivity contribution in [1.29, 1.82) is 5.39 Å². The number of halogens is 2. The maximum Gasteiger partial charge on any atom is 0.409 e. The van der Waals surface area contributed by atoms with Gasteiger partial charge in [-0.2, -0.15) is 8.42 Å². The monoisotopic (exact) mass is 420 g/mol. The van der Waals surface area contributed by atoms with Gasteiger partial charge in [0.1, 0.15) is 5.75 Å². The molecule has 0 saturated heterocycles. The highest BCUT2D eigenvalue weighted by Crippen LogP contribution is 2.32. The van der Waals surface area contributed by atoms with Crippen LogP contribution < -0.4 is 21.7 Å². The first kappa shape index (κ1) is 15.6. The normalized spacial score (nSPS) is 10.1. The van der Waals surface area contributed by atoms with E-state index < -0.39 is 15.0 Å². The van der Waals surface area contributed by atoms with Crippen molar-refractivity contribution < 1.29 is 34.7 Å². The molecule has 0 bridgehead atoms. The molecule has 6 nitrogen and oxygen atoms in total. The number of ether oxygens (including phenoxy) is 1. The average Bonchev–Trinajstić information content (AvgIpc) is 2.16. The van der Waals surface area contributed by atoms with E-state index in [0.717, 1.165) is 6.07 Å². The smallest absolute Gasteiger partial charge is 0.409 e. The summed E-state index contributed by atoms with van der Waals surface area (Å²) in [5.74, 6) is 0.357. The highest BCUT2D eigenvalue weighted by molar-refractivity contribution is 14.1. The van der Waals surface area contributed by atoms with Crippen LogP contribution in [0.4, 0.5) is 5.69 Å². The molecule has 0 saturated carbocycles. The van der Waals surface area contributed by atoms with Gasteiger partial charge in [-0.05, 0) is 28.7 Å². The van der Waals surface area contributed by atoms with Crippen molar-refractivity contribution in [1.82, 2.24) is 0 Å². The topological polar surface area (TPSA) is 91.8 Å². The van der Waals surface area contributed by atoms with Crippen molar-refractivity contribution in [2.75, 3.05) is 7.11 Å². The largest absolute Gasteiger partial charge is 1.00 e. The van der Waals surface area contributed by atoms with Crippen LogP contribution in [0.5, 0.6) is 5.75 Å². The highest BCUT2D eigenvalue weighted by atomic mass is 127. The van der Waals surface area contributed by atoms with Crippen LogP contribution in [-0.2, 0) is 10.1 Å². The van der Waals surface area contributed by atoms with E-state index in [1.165, 1.54) is 13.2 Å². The molecule has 0 fully saturated rings. The molecule has 0 unspecified atom stereocenters. The molecule has 1 N–H and O–H groups in total. The number of hydrogen-bond donors (Lipinski definition) is 1. The van der Waals surface area contributed by atoms with Gasteiger partial charge in [0.05, 0.1) is 16.7 Å². The third-order valence-electron chi connectivity index (χ3n) is 1.62. The summed E-state index contributed by atoms with van der Waals surface area (Å²) in [6.07, 6.45) is 0. The first-order valence-corrected chi connectivity index (χ1v) is 6.12. The Labute approximate surface area is 116 Å². The molecule has 88 valence electrons. The van der Waals surface area contributed by atoms with Crippen LogP contribution >= 0.6 is 22.6 Å². The number of diazo groups is 1. The average molecular weight is 421 g/mol. The van der Waals surface area contributed by atoms with Gasteiger partial charge in [-0.15, -0.1) is 0 Å². The summed E-state index contributed by atoms with van der Waals surface area (Å²) in [6, 6.07) is 2.37. The summed E-state index contributed by atoms with van der Waals surface area (Å²) in [5.41, 5.74) is -0.269. The lowest BCUT2D eigenvalue weighted by molar-refractivity contribution is -0.00000769. The summed E-state index contributed by atoms with van der Waals surface area (Å²) in [5, 5.41) is 8.58. The molecule has 0 aromatic heterocycles. The van der Waals surface area contributed by atoms with Gasteiger partial charge in [0.15, 0.2) is 9.87 Å². The van der Waals surface area contributed by atoms with Gasteiger partial charge >= 0.3 is 15.8 Å². The lowest BCUT2D eigenvalue weighted by atomic mass is 10.3. The minimum absolute atomic E-state index is 0. The second-order valence-corrected chi connectivity index (χ2v) is 5.08. The van der Waals surface area contributed by atoms with Gasteiger partial charge in [0.2, 0.25) is 5.39 Å². The molecule has 9 heteroatoms. The Morgan fingerprint density at radius 2 is 2.06 bits per heavy atom. The third kappa shape index (κ3) is 3.27. The standard InChI is InChI=1S/C7H5IN2O4S.BrH/c1-14-6-3-5(10-9)7(2-4(6)8)15(11,12)13;/h2-3H,1H3;1H. The van der Waals surface area contributed by atoms with E-state index in [-0.39, 0.29) is 22.7 Å². The highest BCUT2D eigenvalue weighted by Gasteiger charge is 2.27. The number of rotatable bonds is 2. The van der Waals surface area contributed by atoms with Crippen molar-refractivity contribution in [2.45, 2.75) is 4.90 Å². The second-order valence-electron chi connectivity index (χ2n) is 2.53. The molecule has 16 heavy (non-hydrogen) atoms. The summed E-state index contributed by atoms with van der Waals surface area (Å²) >= 11 is 1.84.